The Labute approximate surface area is 108 Å². The minimum atomic E-state index is -4.46. The fourth-order valence-electron chi connectivity index (χ4n) is 1.43. The highest BCUT2D eigenvalue weighted by molar-refractivity contribution is 7.81. The van der Waals surface area contributed by atoms with Crippen molar-refractivity contribution in [1.82, 2.24) is 0 Å². The molecule has 6 heteroatoms. The molecule has 5 nitrogen and oxygen atoms in total. The maximum atomic E-state index is 10.5. The Morgan fingerprint density at radius 3 is 2.22 bits per heavy atom. The number of hydrogen-bond donors (Lipinski definition) is 1. The predicted molar refractivity (Wildman–Crippen MR) is 68.3 cm³/mol. The van der Waals surface area contributed by atoms with Gasteiger partial charge in [0, 0.05) is 0 Å². The van der Waals surface area contributed by atoms with Crippen LogP contribution >= 0.6 is 0 Å². The van der Waals surface area contributed by atoms with Gasteiger partial charge >= 0.3 is 10.4 Å². The molecule has 0 aromatic heterocycles. The van der Waals surface area contributed by atoms with E-state index in [2.05, 4.69) is 11.1 Å². The summed E-state index contributed by atoms with van der Waals surface area (Å²) in [6, 6.07) is 6.05. The molecule has 0 fully saturated rings. The monoisotopic (exact) mass is 274 g/mol. The molecule has 0 saturated heterocycles. The quantitative estimate of drug-likeness (QED) is 0.583. The van der Waals surface area contributed by atoms with Crippen molar-refractivity contribution in [1.29, 1.82) is 0 Å². The number of ether oxygens (including phenoxy) is 1. The van der Waals surface area contributed by atoms with Gasteiger partial charge < -0.3 is 8.92 Å². The summed E-state index contributed by atoms with van der Waals surface area (Å²) in [6.07, 6.45) is 4.52. The standard InChI is InChI=1S/C12H18O5S/c1-2-3-4-5-10-16-11-6-8-12(9-7-11)17-18(13,14)15/h6-9H,2-5,10H2,1H3,(H,13,14,15). The summed E-state index contributed by atoms with van der Waals surface area (Å²) < 4.78 is 39.2. The third-order valence-corrected chi connectivity index (χ3v) is 2.69. The number of hydrogen-bond acceptors (Lipinski definition) is 4. The van der Waals surface area contributed by atoms with Gasteiger partial charge in [0.15, 0.2) is 0 Å². The van der Waals surface area contributed by atoms with Crippen molar-refractivity contribution in [2.45, 2.75) is 32.6 Å². The first-order chi connectivity index (χ1) is 8.51. The lowest BCUT2D eigenvalue weighted by molar-refractivity contribution is 0.304. The molecule has 1 aromatic rings. The van der Waals surface area contributed by atoms with Gasteiger partial charge in [-0.3, -0.25) is 4.55 Å². The Hall–Kier alpha value is -1.27. The van der Waals surface area contributed by atoms with Crippen molar-refractivity contribution >= 4 is 10.4 Å². The second-order valence-corrected chi connectivity index (χ2v) is 4.91. The molecule has 0 aliphatic carbocycles. The van der Waals surface area contributed by atoms with Gasteiger partial charge in [-0.05, 0) is 30.7 Å². The lowest BCUT2D eigenvalue weighted by Crippen LogP contribution is -2.06. The van der Waals surface area contributed by atoms with Crippen LogP contribution in [-0.4, -0.2) is 19.6 Å². The molecule has 0 amide bonds. The van der Waals surface area contributed by atoms with Crippen molar-refractivity contribution in [2.75, 3.05) is 6.61 Å². The number of rotatable bonds is 8. The molecule has 0 unspecified atom stereocenters. The summed E-state index contributed by atoms with van der Waals surface area (Å²) in [4.78, 5) is 0. The molecule has 0 heterocycles. The van der Waals surface area contributed by atoms with Crippen molar-refractivity contribution in [2.24, 2.45) is 0 Å². The molecule has 0 aliphatic heterocycles. The second kappa shape index (κ2) is 7.23. The Balaban J connectivity index is 2.36. The molecule has 1 N–H and O–H groups in total. The van der Waals surface area contributed by atoms with E-state index >= 15 is 0 Å². The first-order valence-electron chi connectivity index (χ1n) is 5.91. The third-order valence-electron chi connectivity index (χ3n) is 2.29. The molecule has 0 spiro atoms. The van der Waals surface area contributed by atoms with Crippen LogP contribution in [0.2, 0.25) is 0 Å². The maximum Gasteiger partial charge on any atom is 0.446 e. The molecule has 18 heavy (non-hydrogen) atoms. The van der Waals surface area contributed by atoms with Crippen LogP contribution in [0.4, 0.5) is 0 Å². The molecule has 1 rings (SSSR count). The van der Waals surface area contributed by atoms with Crippen LogP contribution in [0.15, 0.2) is 24.3 Å². The zero-order chi connectivity index (χ0) is 13.4. The SMILES string of the molecule is CCCCCCOc1ccc(OS(=O)(=O)O)cc1. The van der Waals surface area contributed by atoms with E-state index in [1.165, 1.54) is 25.0 Å². The highest BCUT2D eigenvalue weighted by atomic mass is 32.3. The summed E-state index contributed by atoms with van der Waals surface area (Å²) in [5, 5.41) is 0. The minimum Gasteiger partial charge on any atom is -0.494 e. The molecule has 102 valence electrons. The fraction of sp³-hybridized carbons (Fsp3) is 0.500. The van der Waals surface area contributed by atoms with Gasteiger partial charge in [-0.2, -0.15) is 8.42 Å². The molecule has 0 atom stereocenters. The Morgan fingerprint density at radius 1 is 1.06 bits per heavy atom. The van der Waals surface area contributed by atoms with Crippen LogP contribution < -0.4 is 8.92 Å². The van der Waals surface area contributed by atoms with Crippen LogP contribution in [0.5, 0.6) is 11.5 Å². The second-order valence-electron chi connectivity index (χ2n) is 3.89. The van der Waals surface area contributed by atoms with Gasteiger partial charge in [0.25, 0.3) is 0 Å². The molecule has 0 radical (unpaired) electrons. The first-order valence-corrected chi connectivity index (χ1v) is 7.27. The van der Waals surface area contributed by atoms with Crippen LogP contribution in [-0.2, 0) is 10.4 Å². The van der Waals surface area contributed by atoms with Gasteiger partial charge in [0.05, 0.1) is 6.61 Å². The van der Waals surface area contributed by atoms with Crippen molar-refractivity contribution in [3.63, 3.8) is 0 Å². The molecule has 0 bridgehead atoms. The van der Waals surface area contributed by atoms with E-state index in [1.54, 1.807) is 12.1 Å². The topological polar surface area (TPSA) is 72.8 Å². The highest BCUT2D eigenvalue weighted by Gasteiger charge is 2.06. The van der Waals surface area contributed by atoms with Gasteiger partial charge in [0.1, 0.15) is 11.5 Å². The average Bonchev–Trinajstić information content (AvgIpc) is 2.29. The van der Waals surface area contributed by atoms with Crippen molar-refractivity contribution in [3.8, 4) is 11.5 Å². The van der Waals surface area contributed by atoms with E-state index in [1.807, 2.05) is 0 Å². The van der Waals surface area contributed by atoms with Gasteiger partial charge in [0.2, 0.25) is 0 Å². The summed E-state index contributed by atoms with van der Waals surface area (Å²) >= 11 is 0. The van der Waals surface area contributed by atoms with E-state index in [-0.39, 0.29) is 5.75 Å². The van der Waals surface area contributed by atoms with E-state index in [0.717, 1.165) is 12.8 Å². The molecular weight excluding hydrogens is 256 g/mol. The van der Waals surface area contributed by atoms with Gasteiger partial charge in [-0.15, -0.1) is 0 Å². The minimum absolute atomic E-state index is 0.0517. The van der Waals surface area contributed by atoms with E-state index in [0.29, 0.717) is 12.4 Å². The zero-order valence-corrected chi connectivity index (χ0v) is 11.1. The molecule has 0 saturated carbocycles. The van der Waals surface area contributed by atoms with Crippen LogP contribution in [0.3, 0.4) is 0 Å². The largest absolute Gasteiger partial charge is 0.494 e. The van der Waals surface area contributed by atoms with Gasteiger partial charge in [-0.25, -0.2) is 0 Å². The average molecular weight is 274 g/mol. The maximum absolute atomic E-state index is 10.5. The van der Waals surface area contributed by atoms with E-state index in [9.17, 15) is 8.42 Å². The fourth-order valence-corrected chi connectivity index (χ4v) is 1.79. The number of benzene rings is 1. The summed E-state index contributed by atoms with van der Waals surface area (Å²) in [7, 11) is -4.46. The zero-order valence-electron chi connectivity index (χ0n) is 10.3. The lowest BCUT2D eigenvalue weighted by Gasteiger charge is -2.06. The van der Waals surface area contributed by atoms with Crippen LogP contribution in [0.1, 0.15) is 32.6 Å². The lowest BCUT2D eigenvalue weighted by atomic mass is 10.2. The smallest absolute Gasteiger partial charge is 0.446 e. The Bertz CT molecular complexity index is 438. The Kier molecular flexibility index (Phi) is 5.94. The first kappa shape index (κ1) is 14.8. The molecule has 1 aromatic carbocycles. The van der Waals surface area contributed by atoms with E-state index < -0.39 is 10.4 Å². The van der Waals surface area contributed by atoms with E-state index in [4.69, 9.17) is 9.29 Å². The molecular formula is C12H18O5S. The highest BCUT2D eigenvalue weighted by Crippen LogP contribution is 2.18. The normalized spacial score (nSPS) is 11.2. The number of unbranched alkanes of at least 4 members (excludes halogenated alkanes) is 3. The van der Waals surface area contributed by atoms with Gasteiger partial charge in [-0.1, -0.05) is 26.2 Å². The summed E-state index contributed by atoms with van der Waals surface area (Å²) in [5.41, 5.74) is 0. The molecule has 0 aliphatic rings. The summed E-state index contributed by atoms with van der Waals surface area (Å²) in [6.45, 7) is 2.79. The van der Waals surface area contributed by atoms with Crippen molar-refractivity contribution < 1.29 is 21.9 Å². The predicted octanol–water partition coefficient (Wildman–Crippen LogP) is 2.83. The third kappa shape index (κ3) is 6.46. The van der Waals surface area contributed by atoms with Crippen LogP contribution in [0, 0.1) is 0 Å². The Morgan fingerprint density at radius 2 is 1.67 bits per heavy atom. The van der Waals surface area contributed by atoms with Crippen LogP contribution in [0.25, 0.3) is 0 Å². The van der Waals surface area contributed by atoms with Crippen molar-refractivity contribution in [3.05, 3.63) is 24.3 Å². The summed E-state index contributed by atoms with van der Waals surface area (Å²) in [5.74, 6) is 0.699.